The second-order valence-corrected chi connectivity index (χ2v) is 7.03. The first-order valence-electron chi connectivity index (χ1n) is 10.4. The number of aromatic nitrogens is 5. The lowest BCUT2D eigenvalue weighted by molar-refractivity contribution is 0.0953. The number of H-pyrrole nitrogens is 1. The van der Waals surface area contributed by atoms with Gasteiger partial charge in [0.15, 0.2) is 0 Å². The molecule has 32 heavy (non-hydrogen) atoms. The SMILES string of the molecule is CCOc1cc(-c2cccnc2OC)nc2cc(C(=O)NCCCc3nnc[nH]3)ccc12. The molecule has 0 bridgehead atoms. The highest BCUT2D eigenvalue weighted by atomic mass is 16.5. The van der Waals surface area contributed by atoms with Crippen molar-refractivity contribution in [1.82, 2.24) is 30.5 Å². The van der Waals surface area contributed by atoms with Gasteiger partial charge in [0.1, 0.15) is 17.9 Å². The lowest BCUT2D eigenvalue weighted by atomic mass is 10.1. The minimum atomic E-state index is -0.159. The number of aromatic amines is 1. The van der Waals surface area contributed by atoms with Crippen molar-refractivity contribution in [3.63, 3.8) is 0 Å². The van der Waals surface area contributed by atoms with Crippen LogP contribution in [0.3, 0.4) is 0 Å². The topological polar surface area (TPSA) is 115 Å². The normalized spacial score (nSPS) is 10.8. The molecule has 0 unspecified atom stereocenters. The van der Waals surface area contributed by atoms with Crippen molar-refractivity contribution < 1.29 is 14.3 Å². The molecule has 9 nitrogen and oxygen atoms in total. The highest BCUT2D eigenvalue weighted by Gasteiger charge is 2.15. The number of nitrogens with one attached hydrogen (secondary N) is 2. The lowest BCUT2D eigenvalue weighted by Crippen LogP contribution is -2.24. The summed E-state index contributed by atoms with van der Waals surface area (Å²) in [5.41, 5.74) is 2.60. The molecule has 4 rings (SSSR count). The maximum Gasteiger partial charge on any atom is 0.251 e. The molecule has 0 atom stereocenters. The van der Waals surface area contributed by atoms with Gasteiger partial charge in [-0.1, -0.05) is 0 Å². The molecule has 0 fully saturated rings. The fraction of sp³-hybridized carbons (Fsp3) is 0.261. The molecule has 0 saturated carbocycles. The Morgan fingerprint density at radius 2 is 2.12 bits per heavy atom. The highest BCUT2D eigenvalue weighted by molar-refractivity contribution is 5.99. The summed E-state index contributed by atoms with van der Waals surface area (Å²) in [6.07, 6.45) is 4.68. The molecular formula is C23H24N6O3. The smallest absolute Gasteiger partial charge is 0.251 e. The monoisotopic (exact) mass is 432 g/mol. The van der Waals surface area contributed by atoms with Crippen LogP contribution in [0.2, 0.25) is 0 Å². The second kappa shape index (κ2) is 9.86. The lowest BCUT2D eigenvalue weighted by Gasteiger charge is -2.13. The third-order valence-corrected chi connectivity index (χ3v) is 4.92. The first-order chi connectivity index (χ1) is 15.7. The molecule has 2 N–H and O–H groups in total. The van der Waals surface area contributed by atoms with Gasteiger partial charge in [0, 0.05) is 36.2 Å². The summed E-state index contributed by atoms with van der Waals surface area (Å²) < 4.78 is 11.2. The van der Waals surface area contributed by atoms with Gasteiger partial charge in [0.25, 0.3) is 5.91 Å². The fourth-order valence-corrected chi connectivity index (χ4v) is 3.41. The average Bonchev–Trinajstić information content (AvgIpc) is 3.35. The highest BCUT2D eigenvalue weighted by Crippen LogP contribution is 2.33. The first kappa shape index (κ1) is 21.2. The van der Waals surface area contributed by atoms with Crippen LogP contribution >= 0.6 is 0 Å². The number of hydrogen-bond donors (Lipinski definition) is 2. The first-order valence-corrected chi connectivity index (χ1v) is 10.4. The summed E-state index contributed by atoms with van der Waals surface area (Å²) in [5, 5.41) is 11.5. The third-order valence-electron chi connectivity index (χ3n) is 4.92. The summed E-state index contributed by atoms with van der Waals surface area (Å²) in [7, 11) is 1.57. The number of ether oxygens (including phenoxy) is 2. The molecule has 0 aliphatic heterocycles. The van der Waals surface area contributed by atoms with Crippen molar-refractivity contribution in [3.8, 4) is 22.9 Å². The minimum Gasteiger partial charge on any atom is -0.493 e. The standard InChI is InChI=1S/C23H24N6O3/c1-3-32-20-13-19(17-6-4-11-25-23(17)31-2)28-18-12-15(8-9-16(18)20)22(30)24-10-5-7-21-26-14-27-29-21/h4,6,8-9,11-14H,3,5,7,10H2,1-2H3,(H,24,30)(H,26,27,29). The average molecular weight is 432 g/mol. The van der Waals surface area contributed by atoms with E-state index in [2.05, 4.69) is 25.5 Å². The molecule has 1 amide bonds. The number of hydrogen-bond acceptors (Lipinski definition) is 7. The van der Waals surface area contributed by atoms with Crippen LogP contribution in [0.5, 0.6) is 11.6 Å². The number of pyridine rings is 2. The Balaban J connectivity index is 1.59. The molecule has 0 aliphatic carbocycles. The summed E-state index contributed by atoms with van der Waals surface area (Å²) >= 11 is 0. The number of carbonyl (C=O) groups is 1. The van der Waals surface area contributed by atoms with Gasteiger partial charge in [-0.3, -0.25) is 4.79 Å². The van der Waals surface area contributed by atoms with Crippen LogP contribution in [0.1, 0.15) is 29.5 Å². The molecule has 3 heterocycles. The Morgan fingerprint density at radius 3 is 2.91 bits per heavy atom. The number of fused-ring (bicyclic) bond motifs is 1. The molecule has 1 aromatic carbocycles. The maximum absolute atomic E-state index is 12.7. The molecule has 0 saturated heterocycles. The quantitative estimate of drug-likeness (QED) is 0.390. The van der Waals surface area contributed by atoms with Crippen LogP contribution in [0, 0.1) is 0 Å². The minimum absolute atomic E-state index is 0.159. The van der Waals surface area contributed by atoms with Crippen molar-refractivity contribution in [2.45, 2.75) is 19.8 Å². The zero-order valence-electron chi connectivity index (χ0n) is 18.0. The van der Waals surface area contributed by atoms with Crippen LogP contribution in [-0.2, 0) is 6.42 Å². The van der Waals surface area contributed by atoms with Crippen molar-refractivity contribution >= 4 is 16.8 Å². The van der Waals surface area contributed by atoms with E-state index in [0.717, 1.165) is 23.2 Å². The summed E-state index contributed by atoms with van der Waals surface area (Å²) in [6, 6.07) is 11.0. The summed E-state index contributed by atoms with van der Waals surface area (Å²) in [4.78, 5) is 24.7. The molecule has 9 heteroatoms. The van der Waals surface area contributed by atoms with Gasteiger partial charge in [-0.25, -0.2) is 9.97 Å². The number of aryl methyl sites for hydroxylation is 1. The van der Waals surface area contributed by atoms with E-state index >= 15 is 0 Å². The number of carbonyl (C=O) groups excluding carboxylic acids is 1. The molecule has 0 aliphatic rings. The van der Waals surface area contributed by atoms with Crippen LogP contribution in [0.25, 0.3) is 22.2 Å². The zero-order valence-corrected chi connectivity index (χ0v) is 18.0. The van der Waals surface area contributed by atoms with E-state index < -0.39 is 0 Å². The Labute approximate surface area is 185 Å². The largest absolute Gasteiger partial charge is 0.493 e. The van der Waals surface area contributed by atoms with Crippen LogP contribution < -0.4 is 14.8 Å². The molecule has 0 spiro atoms. The Bertz CT molecular complexity index is 1210. The van der Waals surface area contributed by atoms with Crippen molar-refractivity contribution in [2.24, 2.45) is 0 Å². The van der Waals surface area contributed by atoms with Gasteiger partial charge in [-0.2, -0.15) is 0 Å². The van der Waals surface area contributed by atoms with Gasteiger partial charge >= 0.3 is 0 Å². The fourth-order valence-electron chi connectivity index (χ4n) is 3.41. The van der Waals surface area contributed by atoms with E-state index in [1.165, 1.54) is 0 Å². The Hall–Kier alpha value is -4.01. The number of nitrogens with zero attached hydrogens (tertiary/aromatic N) is 4. The van der Waals surface area contributed by atoms with Crippen LogP contribution in [0.15, 0.2) is 48.9 Å². The third kappa shape index (κ3) is 4.66. The summed E-state index contributed by atoms with van der Waals surface area (Å²) in [6.45, 7) is 2.97. The van der Waals surface area contributed by atoms with Crippen LogP contribution in [0.4, 0.5) is 0 Å². The molecule has 164 valence electrons. The van der Waals surface area contributed by atoms with E-state index in [4.69, 9.17) is 14.5 Å². The predicted molar refractivity (Wildman–Crippen MR) is 120 cm³/mol. The van der Waals surface area contributed by atoms with E-state index in [9.17, 15) is 4.79 Å². The Kier molecular flexibility index (Phi) is 6.54. The van der Waals surface area contributed by atoms with Gasteiger partial charge in [0.05, 0.1) is 30.5 Å². The zero-order chi connectivity index (χ0) is 22.3. The summed E-state index contributed by atoms with van der Waals surface area (Å²) in [5.74, 6) is 1.81. The number of benzene rings is 1. The van der Waals surface area contributed by atoms with Crippen LogP contribution in [-0.4, -0.2) is 51.3 Å². The van der Waals surface area contributed by atoms with E-state index in [-0.39, 0.29) is 5.91 Å². The molecule has 4 aromatic rings. The maximum atomic E-state index is 12.7. The van der Waals surface area contributed by atoms with E-state index in [1.54, 1.807) is 31.8 Å². The van der Waals surface area contributed by atoms with Gasteiger partial charge < -0.3 is 19.8 Å². The molecule has 3 aromatic heterocycles. The van der Waals surface area contributed by atoms with Gasteiger partial charge in [0.2, 0.25) is 5.88 Å². The number of rotatable bonds is 9. The predicted octanol–water partition coefficient (Wildman–Crippen LogP) is 3.18. The van der Waals surface area contributed by atoms with E-state index in [0.29, 0.717) is 48.0 Å². The molecular weight excluding hydrogens is 408 g/mol. The van der Waals surface area contributed by atoms with Gasteiger partial charge in [-0.05, 0) is 43.7 Å². The van der Waals surface area contributed by atoms with Crippen molar-refractivity contribution in [1.29, 1.82) is 0 Å². The number of amides is 1. The number of methoxy groups -OCH3 is 1. The molecule has 0 radical (unpaired) electrons. The Morgan fingerprint density at radius 1 is 1.22 bits per heavy atom. The van der Waals surface area contributed by atoms with Crippen molar-refractivity contribution in [3.05, 3.63) is 60.3 Å². The van der Waals surface area contributed by atoms with E-state index in [1.807, 2.05) is 31.2 Å². The van der Waals surface area contributed by atoms with Gasteiger partial charge in [-0.15, -0.1) is 10.2 Å². The van der Waals surface area contributed by atoms with Crippen molar-refractivity contribution in [2.75, 3.05) is 20.3 Å². The second-order valence-electron chi connectivity index (χ2n) is 7.03.